The van der Waals surface area contributed by atoms with E-state index in [4.69, 9.17) is 0 Å². The van der Waals surface area contributed by atoms with Gasteiger partial charge in [0.15, 0.2) is 0 Å². The van der Waals surface area contributed by atoms with Gasteiger partial charge in [0.1, 0.15) is 17.3 Å². The van der Waals surface area contributed by atoms with Gasteiger partial charge in [-0.2, -0.15) is 0 Å². The quantitative estimate of drug-likeness (QED) is 0.757. The van der Waals surface area contributed by atoms with Crippen LogP contribution in [0.2, 0.25) is 0 Å². The number of phenolic OH excluding ortho intramolecular Hbond substituents is 2. The Kier molecular flexibility index (Phi) is 3.65. The lowest BCUT2D eigenvalue weighted by Crippen LogP contribution is -2.45. The van der Waals surface area contributed by atoms with E-state index in [1.165, 1.54) is 16.7 Å². The lowest BCUT2D eigenvalue weighted by molar-refractivity contribution is -0.130. The summed E-state index contributed by atoms with van der Waals surface area (Å²) in [5, 5.41) is 19.7. The fourth-order valence-electron chi connectivity index (χ4n) is 6.51. The Morgan fingerprint density at radius 2 is 1.70 bits per heavy atom. The molecule has 0 saturated heterocycles. The topological polar surface area (TPSA) is 57.5 Å². The van der Waals surface area contributed by atoms with Crippen LogP contribution in [0, 0.1) is 17.3 Å². The van der Waals surface area contributed by atoms with E-state index in [9.17, 15) is 15.0 Å². The van der Waals surface area contributed by atoms with Crippen molar-refractivity contribution in [3.8, 4) is 11.5 Å². The van der Waals surface area contributed by atoms with Crippen LogP contribution in [0.1, 0.15) is 61.1 Å². The van der Waals surface area contributed by atoms with Crippen molar-refractivity contribution in [2.24, 2.45) is 17.3 Å². The number of ketones is 1. The number of hydrogen-bond donors (Lipinski definition) is 2. The summed E-state index contributed by atoms with van der Waals surface area (Å²) in [7, 11) is 0. The van der Waals surface area contributed by atoms with Crippen molar-refractivity contribution in [3.63, 3.8) is 0 Å². The average Bonchev–Trinajstić information content (AvgIpc) is 2.96. The third kappa shape index (κ3) is 2.44. The molecular weight excluding hydrogens is 336 g/mol. The molecule has 3 nitrogen and oxygen atoms in total. The number of aromatic hydroxyl groups is 2. The number of aryl methyl sites for hydroxylation is 1. The Morgan fingerprint density at radius 1 is 0.963 bits per heavy atom. The van der Waals surface area contributed by atoms with Crippen molar-refractivity contribution in [1.82, 2.24) is 0 Å². The second-order valence-corrected chi connectivity index (χ2v) is 9.00. The molecule has 27 heavy (non-hydrogen) atoms. The molecule has 0 heterocycles. The van der Waals surface area contributed by atoms with Crippen LogP contribution in [-0.2, 0) is 11.2 Å². The SMILES string of the molecule is C[C@]12C[C@H](c3ccc(O)cc3)C3c4ccc(O)cc4CCC3C1CCC2=O. The predicted molar refractivity (Wildman–Crippen MR) is 104 cm³/mol. The minimum absolute atomic E-state index is 0.224. The van der Waals surface area contributed by atoms with E-state index in [1.807, 2.05) is 24.3 Å². The van der Waals surface area contributed by atoms with Crippen LogP contribution in [0.5, 0.6) is 11.5 Å². The molecule has 0 radical (unpaired) electrons. The van der Waals surface area contributed by atoms with Crippen molar-refractivity contribution < 1.29 is 15.0 Å². The van der Waals surface area contributed by atoms with Gasteiger partial charge >= 0.3 is 0 Å². The molecule has 3 unspecified atom stereocenters. The van der Waals surface area contributed by atoms with E-state index in [0.717, 1.165) is 32.1 Å². The summed E-state index contributed by atoms with van der Waals surface area (Å²) < 4.78 is 0. The summed E-state index contributed by atoms with van der Waals surface area (Å²) in [5.41, 5.74) is 3.59. The van der Waals surface area contributed by atoms with Crippen molar-refractivity contribution >= 4 is 5.78 Å². The number of phenols is 2. The molecule has 0 bridgehead atoms. The van der Waals surface area contributed by atoms with Crippen LogP contribution < -0.4 is 0 Å². The van der Waals surface area contributed by atoms with Crippen molar-refractivity contribution in [3.05, 3.63) is 59.2 Å². The molecular formula is C24H26O3. The van der Waals surface area contributed by atoms with Crippen molar-refractivity contribution in [1.29, 1.82) is 0 Å². The summed E-state index contributed by atoms with van der Waals surface area (Å²) in [6.07, 6.45) is 4.68. The molecule has 2 aromatic carbocycles. The fraction of sp³-hybridized carbons (Fsp3) is 0.458. The molecule has 0 aliphatic heterocycles. The summed E-state index contributed by atoms with van der Waals surface area (Å²) in [6, 6.07) is 13.4. The fourth-order valence-corrected chi connectivity index (χ4v) is 6.51. The number of hydrogen-bond acceptors (Lipinski definition) is 3. The number of Topliss-reactive ketones (excluding diaryl/α,β-unsaturated/α-hetero) is 1. The maximum absolute atomic E-state index is 12.9. The molecule has 3 aliphatic rings. The first-order valence-electron chi connectivity index (χ1n) is 10.1. The molecule has 2 N–H and O–H groups in total. The smallest absolute Gasteiger partial charge is 0.139 e. The number of fused-ring (bicyclic) bond motifs is 5. The molecule has 5 rings (SSSR count). The van der Waals surface area contributed by atoms with Gasteiger partial charge in [-0.1, -0.05) is 25.1 Å². The molecule has 140 valence electrons. The van der Waals surface area contributed by atoms with E-state index in [-0.39, 0.29) is 17.1 Å². The molecule has 3 aliphatic carbocycles. The largest absolute Gasteiger partial charge is 0.508 e. The molecule has 3 heteroatoms. The van der Waals surface area contributed by atoms with E-state index >= 15 is 0 Å². The lowest BCUT2D eigenvalue weighted by atomic mass is 9.51. The van der Waals surface area contributed by atoms with Crippen LogP contribution in [-0.4, -0.2) is 16.0 Å². The normalized spacial score (nSPS) is 34.6. The third-order valence-electron chi connectivity index (χ3n) is 7.75. The predicted octanol–water partition coefficient (Wildman–Crippen LogP) is 4.92. The maximum Gasteiger partial charge on any atom is 0.139 e. The number of rotatable bonds is 1. The van der Waals surface area contributed by atoms with Gasteiger partial charge in [0, 0.05) is 11.8 Å². The Morgan fingerprint density at radius 3 is 2.48 bits per heavy atom. The number of benzene rings is 2. The highest BCUT2D eigenvalue weighted by atomic mass is 16.3. The van der Waals surface area contributed by atoms with Crippen LogP contribution >= 0.6 is 0 Å². The van der Waals surface area contributed by atoms with E-state index in [0.29, 0.717) is 29.3 Å². The van der Waals surface area contributed by atoms with Gasteiger partial charge in [-0.25, -0.2) is 0 Å². The van der Waals surface area contributed by atoms with Crippen molar-refractivity contribution in [2.45, 2.75) is 50.9 Å². The van der Waals surface area contributed by atoms with Gasteiger partial charge in [0.2, 0.25) is 0 Å². The average molecular weight is 362 g/mol. The second kappa shape index (κ2) is 5.85. The second-order valence-electron chi connectivity index (χ2n) is 9.00. The zero-order valence-electron chi connectivity index (χ0n) is 15.7. The molecule has 0 aromatic heterocycles. The first-order valence-corrected chi connectivity index (χ1v) is 10.1. The van der Waals surface area contributed by atoms with Crippen molar-refractivity contribution in [2.75, 3.05) is 0 Å². The van der Waals surface area contributed by atoms with Gasteiger partial charge in [0.25, 0.3) is 0 Å². The highest BCUT2D eigenvalue weighted by molar-refractivity contribution is 5.87. The van der Waals surface area contributed by atoms with Gasteiger partial charge in [0.05, 0.1) is 0 Å². The Bertz CT molecular complexity index is 900. The maximum atomic E-state index is 12.9. The van der Waals surface area contributed by atoms with Crippen LogP contribution in [0.4, 0.5) is 0 Å². The standard InChI is InChI=1S/C24H26O3/c1-24-13-20(14-2-5-16(25)6-3-14)23-18-9-7-17(26)12-15(18)4-8-19(23)21(24)10-11-22(24)27/h2-3,5-7,9,12,19-21,23,25-26H,4,8,10-11,13H2,1H3/t19?,20-,21?,23?,24+/m1/s1. The Balaban J connectivity index is 1.66. The zero-order chi connectivity index (χ0) is 18.8. The number of carbonyl (C=O) groups excluding carboxylic acids is 1. The minimum atomic E-state index is -0.224. The first kappa shape index (κ1) is 16.9. The lowest BCUT2D eigenvalue weighted by Gasteiger charge is -2.52. The highest BCUT2D eigenvalue weighted by Gasteiger charge is 2.57. The minimum Gasteiger partial charge on any atom is -0.508 e. The van der Waals surface area contributed by atoms with Gasteiger partial charge in [-0.05, 0) is 90.3 Å². The van der Waals surface area contributed by atoms with Gasteiger partial charge < -0.3 is 10.2 Å². The van der Waals surface area contributed by atoms with Crippen LogP contribution in [0.3, 0.4) is 0 Å². The van der Waals surface area contributed by atoms with Gasteiger partial charge in [-0.3, -0.25) is 4.79 Å². The highest BCUT2D eigenvalue weighted by Crippen LogP contribution is 2.64. The molecule has 2 saturated carbocycles. The molecule has 2 aromatic rings. The molecule has 2 fully saturated rings. The first-order chi connectivity index (χ1) is 13.0. The number of carbonyl (C=O) groups is 1. The zero-order valence-corrected chi connectivity index (χ0v) is 15.7. The summed E-state index contributed by atoms with van der Waals surface area (Å²) in [4.78, 5) is 12.9. The molecule has 5 atom stereocenters. The third-order valence-corrected chi connectivity index (χ3v) is 7.75. The van der Waals surface area contributed by atoms with Crippen LogP contribution in [0.15, 0.2) is 42.5 Å². The van der Waals surface area contributed by atoms with E-state index in [2.05, 4.69) is 13.0 Å². The van der Waals surface area contributed by atoms with E-state index < -0.39 is 0 Å². The van der Waals surface area contributed by atoms with Crippen LogP contribution in [0.25, 0.3) is 0 Å². The van der Waals surface area contributed by atoms with Gasteiger partial charge in [-0.15, -0.1) is 0 Å². The summed E-state index contributed by atoms with van der Waals surface area (Å²) >= 11 is 0. The monoisotopic (exact) mass is 362 g/mol. The summed E-state index contributed by atoms with van der Waals surface area (Å²) in [6.45, 7) is 2.20. The van der Waals surface area contributed by atoms with E-state index in [1.54, 1.807) is 12.1 Å². The molecule has 0 spiro atoms. The summed E-state index contributed by atoms with van der Waals surface area (Å²) in [5.74, 6) is 2.67. The molecule has 0 amide bonds. The Labute approximate surface area is 160 Å². The Hall–Kier alpha value is -2.29.